The van der Waals surface area contributed by atoms with E-state index in [9.17, 15) is 50.2 Å². The van der Waals surface area contributed by atoms with Crippen molar-refractivity contribution in [2.45, 2.75) is 6.10 Å². The highest BCUT2D eigenvalue weighted by molar-refractivity contribution is 9.11. The highest BCUT2D eigenvalue weighted by Gasteiger charge is 2.17. The minimum absolute atomic E-state index is 0.0213. The molecular weight excluding hydrogens is 1580 g/mol. The van der Waals surface area contributed by atoms with Crippen molar-refractivity contribution in [3.8, 4) is 23.4 Å². The zero-order valence-corrected chi connectivity index (χ0v) is 59.0. The molecule has 1 atom stereocenters. The number of carbonyl (C=O) groups is 3. The fourth-order valence-corrected chi connectivity index (χ4v) is 13.2. The second-order valence-corrected chi connectivity index (χ2v) is 27.0. The lowest BCUT2D eigenvalue weighted by Gasteiger charge is -2.11. The molecule has 1 unspecified atom stereocenters. The Labute approximate surface area is 606 Å². The first-order chi connectivity index (χ1) is 47.7. The molecule has 0 aliphatic heterocycles. The SMILES string of the molecule is Fc1cc(F)c(Br)cc1Br.N#Cc1cc(C=O)c(F)cc1F.N#Cc1cc2cn[nH]c2cc1F.O=C(c1ccc2ccccc2c1)c1ccsc1Cl.O=Cc1cc(Br)c(F)cc1F.OC(c1ccc2ccccc2c1)c1ccsc1Cl.c1ccc2cc(-c3[nH]nc4sccc34)ccc2c1. The number of aliphatic hydroxyl groups excluding tert-OH is 1. The van der Waals surface area contributed by atoms with E-state index in [1.54, 1.807) is 29.7 Å². The van der Waals surface area contributed by atoms with Gasteiger partial charge < -0.3 is 5.11 Å². The van der Waals surface area contributed by atoms with Gasteiger partial charge in [0.15, 0.2) is 18.4 Å². The van der Waals surface area contributed by atoms with Gasteiger partial charge >= 0.3 is 0 Å². The number of rotatable bonds is 7. The van der Waals surface area contributed by atoms with Crippen LogP contribution in [0, 0.1) is 63.4 Å². The van der Waals surface area contributed by atoms with Crippen molar-refractivity contribution in [2.75, 3.05) is 0 Å². The van der Waals surface area contributed by atoms with Gasteiger partial charge in [-0.15, -0.1) is 34.0 Å². The van der Waals surface area contributed by atoms with Crippen molar-refractivity contribution >= 4 is 177 Å². The van der Waals surface area contributed by atoms with E-state index in [2.05, 4.69) is 128 Å². The Morgan fingerprint density at radius 2 is 1.01 bits per heavy atom. The van der Waals surface area contributed by atoms with E-state index in [0.717, 1.165) is 61.4 Å². The molecule has 0 saturated heterocycles. The molecule has 0 radical (unpaired) electrons. The molecule has 5 aromatic heterocycles. The van der Waals surface area contributed by atoms with Crippen molar-refractivity contribution in [1.29, 1.82) is 10.5 Å². The molecule has 0 spiro atoms. The van der Waals surface area contributed by atoms with Gasteiger partial charge in [0.25, 0.3) is 0 Å². The van der Waals surface area contributed by atoms with Crippen molar-refractivity contribution < 1.29 is 50.2 Å². The van der Waals surface area contributed by atoms with Crippen LogP contribution in [0.25, 0.3) is 64.7 Å². The summed E-state index contributed by atoms with van der Waals surface area (Å²) in [6, 6.07) is 59.7. The van der Waals surface area contributed by atoms with Crippen molar-refractivity contribution in [3.05, 3.63) is 324 Å². The summed E-state index contributed by atoms with van der Waals surface area (Å²) in [4.78, 5) is 33.6. The Morgan fingerprint density at radius 1 is 0.505 bits per heavy atom. The summed E-state index contributed by atoms with van der Waals surface area (Å²) in [5.74, 6) is -5.21. The Bertz CT molecular complexity index is 5470. The number of aliphatic hydroxyl groups is 1. The first-order valence-electron chi connectivity index (χ1n) is 28.5. The maximum Gasteiger partial charge on any atom is 0.195 e. The average Bonchev–Trinajstić information content (AvgIpc) is 1.75. The number of aromatic amines is 2. The molecule has 15 rings (SSSR count). The molecule has 0 aliphatic rings. The molecule has 99 heavy (non-hydrogen) atoms. The number of benzene rings is 10. The highest BCUT2D eigenvalue weighted by atomic mass is 79.9. The molecule has 494 valence electrons. The van der Waals surface area contributed by atoms with Gasteiger partial charge in [0.05, 0.1) is 63.0 Å². The number of aldehydes is 2. The van der Waals surface area contributed by atoms with Crippen LogP contribution in [0.4, 0.5) is 30.7 Å². The van der Waals surface area contributed by atoms with Crippen molar-refractivity contribution in [3.63, 3.8) is 0 Å². The minimum Gasteiger partial charge on any atom is -0.384 e. The molecule has 25 heteroatoms. The Balaban J connectivity index is 0.000000137. The number of ketones is 1. The van der Waals surface area contributed by atoms with E-state index in [4.69, 9.17) is 33.7 Å². The largest absolute Gasteiger partial charge is 0.384 e. The average molecular weight is 1620 g/mol. The Kier molecular flexibility index (Phi) is 25.9. The Hall–Kier alpha value is -9.50. The number of carbonyl (C=O) groups excluding carboxylic acids is 3. The van der Waals surface area contributed by atoms with Crippen LogP contribution < -0.4 is 0 Å². The molecule has 0 saturated carbocycles. The lowest BCUT2D eigenvalue weighted by molar-refractivity contribution is 0.103. The third kappa shape index (κ3) is 18.8. The maximum absolute atomic E-state index is 12.9. The highest BCUT2D eigenvalue weighted by Crippen LogP contribution is 2.35. The van der Waals surface area contributed by atoms with Crippen LogP contribution in [-0.4, -0.2) is 43.9 Å². The van der Waals surface area contributed by atoms with Gasteiger partial charge in [-0.3, -0.25) is 24.6 Å². The zero-order chi connectivity index (χ0) is 70.9. The van der Waals surface area contributed by atoms with E-state index in [1.165, 1.54) is 74.1 Å². The van der Waals surface area contributed by atoms with Gasteiger partial charge in [0.2, 0.25) is 0 Å². The molecule has 15 aromatic rings. The van der Waals surface area contributed by atoms with E-state index in [0.29, 0.717) is 43.7 Å². The smallest absolute Gasteiger partial charge is 0.195 e. The number of fused-ring (bicyclic) bond motifs is 5. The third-order valence-electron chi connectivity index (χ3n) is 14.2. The number of thiophene rings is 3. The number of nitriles is 2. The molecule has 10 aromatic carbocycles. The summed E-state index contributed by atoms with van der Waals surface area (Å²) in [7, 11) is 0. The van der Waals surface area contributed by atoms with Gasteiger partial charge in [-0.25, -0.2) is 30.7 Å². The van der Waals surface area contributed by atoms with Gasteiger partial charge in [-0.05, 0) is 162 Å². The lowest BCUT2D eigenvalue weighted by Crippen LogP contribution is -1.99. The second-order valence-electron chi connectivity index (χ2n) is 20.5. The Morgan fingerprint density at radius 3 is 1.59 bits per heavy atom. The van der Waals surface area contributed by atoms with Crippen LogP contribution >= 0.6 is 105 Å². The number of aromatic nitrogens is 4. The summed E-state index contributed by atoms with van der Waals surface area (Å²) < 4.78 is 89.8. The second kappa shape index (κ2) is 34.8. The standard InChI is InChI=1S/C15H11ClOS.C15H9ClOS.C15H10N2S.C8H3F2NO.C8H4FN3.C7H3BrF2O.C6H2Br2F2/c2*16-15-13(7-8-18-15)14(17)12-6-5-10-3-1-2-4-11(10)9-12;1-2-4-11-9-12(6-5-10(11)3-1)14-13-7-8-18-15(13)17-16-14;9-7-2-8(10)6(4-12)1-5(7)3-11;9-7-2-8-6(4-11-12-8)1-5(7)3-10;8-5-1-4(3-11)6(9)2-7(5)10;7-3-1-4(8)6(10)2-5(3)9/h1-9,14,17H;1-9H;1-9H,(H,16,17);1-2,4H;1-2,4H,(H,11,12);1-3H;1-2H. The monoisotopic (exact) mass is 1610 g/mol. The summed E-state index contributed by atoms with van der Waals surface area (Å²) in [5.41, 5.74) is 5.05. The maximum atomic E-state index is 12.9. The van der Waals surface area contributed by atoms with Crippen LogP contribution in [0.3, 0.4) is 0 Å². The topological polar surface area (TPSA) is 176 Å². The molecule has 0 fully saturated rings. The lowest BCUT2D eigenvalue weighted by atomic mass is 10.0. The molecule has 10 nitrogen and oxygen atoms in total. The van der Waals surface area contributed by atoms with Crippen molar-refractivity contribution in [2.24, 2.45) is 0 Å². The molecule has 5 heterocycles. The number of halogens is 12. The third-order valence-corrected chi connectivity index (χ3v) is 19.2. The molecule has 0 bridgehead atoms. The first-order valence-corrected chi connectivity index (χ1v) is 34.3. The van der Waals surface area contributed by atoms with E-state index in [-0.39, 0.29) is 47.7 Å². The molecule has 0 amide bonds. The number of H-pyrrole nitrogens is 2. The number of hydrogen-bond donors (Lipinski definition) is 3. The van der Waals surface area contributed by atoms with Crippen LogP contribution in [0.1, 0.15) is 65.0 Å². The van der Waals surface area contributed by atoms with Gasteiger partial charge in [-0.2, -0.15) is 20.7 Å². The fraction of sp³-hybridized carbons (Fsp3) is 0.0135. The van der Waals surface area contributed by atoms with Gasteiger partial charge in [0, 0.05) is 51.7 Å². The van der Waals surface area contributed by atoms with Crippen LogP contribution in [0.5, 0.6) is 0 Å². The predicted molar refractivity (Wildman–Crippen MR) is 389 cm³/mol. The fourth-order valence-electron chi connectivity index (χ4n) is 9.23. The predicted octanol–water partition coefficient (Wildman–Crippen LogP) is 23.1. The molecule has 0 aliphatic carbocycles. The summed E-state index contributed by atoms with van der Waals surface area (Å²) in [6.45, 7) is 0. The first kappa shape index (κ1) is 73.7. The number of hydrogen-bond acceptors (Lipinski definition) is 11. The van der Waals surface area contributed by atoms with Crippen LogP contribution in [0.15, 0.2) is 230 Å². The molecule has 3 N–H and O–H groups in total. The summed E-state index contributed by atoms with van der Waals surface area (Å²) >= 11 is 25.2. The van der Waals surface area contributed by atoms with Crippen molar-refractivity contribution in [1.82, 2.24) is 20.4 Å². The summed E-state index contributed by atoms with van der Waals surface area (Å²) in [6.07, 6.45) is 1.46. The number of nitrogens with one attached hydrogen (secondary N) is 2. The van der Waals surface area contributed by atoms with E-state index in [1.807, 2.05) is 95.7 Å². The van der Waals surface area contributed by atoms with E-state index < -0.39 is 46.8 Å². The van der Waals surface area contributed by atoms with Crippen LogP contribution in [0.2, 0.25) is 8.67 Å². The van der Waals surface area contributed by atoms with Crippen LogP contribution in [-0.2, 0) is 0 Å². The number of nitrogens with zero attached hydrogens (tertiary/aromatic N) is 4. The summed E-state index contributed by atoms with van der Waals surface area (Å²) in [5, 5.41) is 55.7. The molecular formula is C74H42Br3Cl2F7N6O4S3. The minimum atomic E-state index is -0.958. The van der Waals surface area contributed by atoms with Gasteiger partial charge in [0.1, 0.15) is 68.1 Å². The van der Waals surface area contributed by atoms with Gasteiger partial charge in [-0.1, -0.05) is 132 Å². The zero-order valence-electron chi connectivity index (χ0n) is 50.2. The van der Waals surface area contributed by atoms with E-state index >= 15 is 0 Å². The normalized spacial score (nSPS) is 10.7. The quantitative estimate of drug-likeness (QED) is 0.0611.